The van der Waals surface area contributed by atoms with Gasteiger partial charge in [-0.2, -0.15) is 0 Å². The van der Waals surface area contributed by atoms with Crippen LogP contribution in [0.2, 0.25) is 5.02 Å². The van der Waals surface area contributed by atoms with E-state index >= 15 is 0 Å². The highest BCUT2D eigenvalue weighted by Crippen LogP contribution is 2.25. The first kappa shape index (κ1) is 21.3. The molecule has 0 atom stereocenters. The van der Waals surface area contributed by atoms with E-state index in [-0.39, 0.29) is 35.2 Å². The van der Waals surface area contributed by atoms with E-state index in [1.54, 1.807) is 0 Å². The van der Waals surface area contributed by atoms with E-state index in [0.29, 0.717) is 19.6 Å². The second kappa shape index (κ2) is 10.4. The van der Waals surface area contributed by atoms with Gasteiger partial charge in [-0.3, -0.25) is 19.7 Å². The van der Waals surface area contributed by atoms with Gasteiger partial charge in [0.05, 0.1) is 4.92 Å². The van der Waals surface area contributed by atoms with E-state index in [9.17, 15) is 19.7 Å². The van der Waals surface area contributed by atoms with E-state index < -0.39 is 16.7 Å². The first-order valence-corrected chi connectivity index (χ1v) is 8.81. The third-order valence-corrected chi connectivity index (χ3v) is 3.96. The molecule has 1 aromatic carbocycles. The van der Waals surface area contributed by atoms with Crippen molar-refractivity contribution < 1.29 is 23.8 Å². The molecule has 2 aromatic rings. The molecule has 11 heteroatoms. The van der Waals surface area contributed by atoms with Crippen LogP contribution in [0.5, 0.6) is 0 Å². The molecule has 0 bridgehead atoms. The number of aromatic nitrogens is 1. The van der Waals surface area contributed by atoms with Crippen molar-refractivity contribution in [3.05, 3.63) is 51.2 Å². The van der Waals surface area contributed by atoms with Crippen LogP contribution in [-0.2, 0) is 9.53 Å². The van der Waals surface area contributed by atoms with Crippen molar-refractivity contribution in [1.82, 2.24) is 10.1 Å². The quantitative estimate of drug-likeness (QED) is 0.362. The molecule has 0 spiro atoms. The number of hydrogen-bond acceptors (Lipinski definition) is 7. The number of nitro groups is 1. The zero-order valence-electron chi connectivity index (χ0n) is 15.1. The maximum absolute atomic E-state index is 12.8. The summed E-state index contributed by atoms with van der Waals surface area (Å²) >= 11 is 5.79. The van der Waals surface area contributed by atoms with Gasteiger partial charge in [0.2, 0.25) is 5.91 Å². The molecule has 150 valence electrons. The predicted molar refractivity (Wildman–Crippen MR) is 100 cm³/mol. The summed E-state index contributed by atoms with van der Waals surface area (Å²) in [6.07, 6.45) is 1.79. The summed E-state index contributed by atoms with van der Waals surface area (Å²) in [6, 6.07) is 5.21. The number of carbonyl (C=O) groups is 2. The van der Waals surface area contributed by atoms with Gasteiger partial charge in [-0.05, 0) is 25.5 Å². The monoisotopic (exact) mass is 410 g/mol. The maximum Gasteiger partial charge on any atom is 0.288 e. The topological polar surface area (TPSA) is 128 Å². The van der Waals surface area contributed by atoms with Crippen molar-refractivity contribution in [2.45, 2.75) is 13.3 Å². The number of halogens is 1. The Morgan fingerprint density at radius 3 is 2.82 bits per heavy atom. The Morgan fingerprint density at radius 2 is 2.18 bits per heavy atom. The van der Waals surface area contributed by atoms with Gasteiger partial charge in [-0.1, -0.05) is 16.8 Å². The number of benzene rings is 1. The van der Waals surface area contributed by atoms with Crippen molar-refractivity contribution in [2.75, 3.05) is 31.6 Å². The molecule has 2 rings (SSSR count). The molecule has 0 aliphatic carbocycles. The largest absolute Gasteiger partial charge is 0.382 e. The Kier molecular flexibility index (Phi) is 7.90. The Labute approximate surface area is 165 Å². The van der Waals surface area contributed by atoms with E-state index in [0.717, 1.165) is 6.07 Å². The number of anilines is 1. The van der Waals surface area contributed by atoms with Crippen LogP contribution in [0.25, 0.3) is 0 Å². The van der Waals surface area contributed by atoms with E-state index in [4.69, 9.17) is 16.3 Å². The number of nitrogens with one attached hydrogen (secondary N) is 1. The normalized spacial score (nSPS) is 10.5. The molecule has 10 nitrogen and oxygen atoms in total. The highest BCUT2D eigenvalue weighted by atomic mass is 35.5. The highest BCUT2D eigenvalue weighted by molar-refractivity contribution is 6.32. The van der Waals surface area contributed by atoms with Gasteiger partial charge >= 0.3 is 0 Å². The molecule has 0 saturated heterocycles. The molecular formula is C17H19ClN4O6. The summed E-state index contributed by atoms with van der Waals surface area (Å²) in [5.74, 6) is -0.803. The van der Waals surface area contributed by atoms with Crippen LogP contribution in [0.4, 0.5) is 11.5 Å². The summed E-state index contributed by atoms with van der Waals surface area (Å²) in [7, 11) is 0. The van der Waals surface area contributed by atoms with Crippen molar-refractivity contribution in [2.24, 2.45) is 0 Å². The zero-order chi connectivity index (χ0) is 20.5. The lowest BCUT2D eigenvalue weighted by Crippen LogP contribution is -2.39. The number of amides is 2. The van der Waals surface area contributed by atoms with Crippen LogP contribution in [0.15, 0.2) is 35.1 Å². The fraction of sp³-hybridized carbons (Fsp3) is 0.353. The standard InChI is InChI=1S/C17H19ClN4O6/c1-2-27-8-3-7-21(11-16(23)19-15-6-9-28-20-15)17(24)12-4-5-13(18)14(10-12)22(25)26/h4-6,9-10H,2-3,7-8,11H2,1H3,(H,19,20,23). The second-order valence-electron chi connectivity index (χ2n) is 5.63. The summed E-state index contributed by atoms with van der Waals surface area (Å²) in [5.41, 5.74) is -0.324. The van der Waals surface area contributed by atoms with Crippen LogP contribution in [0, 0.1) is 10.1 Å². The van der Waals surface area contributed by atoms with Crippen molar-refractivity contribution in [3.8, 4) is 0 Å². The first-order chi connectivity index (χ1) is 13.4. The molecule has 1 heterocycles. The Hall–Kier alpha value is -2.98. The number of nitrogens with zero attached hydrogens (tertiary/aromatic N) is 3. The van der Waals surface area contributed by atoms with Crippen molar-refractivity contribution in [3.63, 3.8) is 0 Å². The molecule has 0 radical (unpaired) electrons. The molecular weight excluding hydrogens is 392 g/mol. The van der Waals surface area contributed by atoms with Crippen LogP contribution in [-0.4, -0.2) is 53.1 Å². The molecule has 0 fully saturated rings. The smallest absolute Gasteiger partial charge is 0.288 e. The summed E-state index contributed by atoms with van der Waals surface area (Å²) < 4.78 is 9.90. The van der Waals surface area contributed by atoms with Crippen molar-refractivity contribution in [1.29, 1.82) is 0 Å². The van der Waals surface area contributed by atoms with Gasteiger partial charge in [0.15, 0.2) is 5.82 Å². The third-order valence-electron chi connectivity index (χ3n) is 3.64. The van der Waals surface area contributed by atoms with E-state index in [1.807, 2.05) is 6.92 Å². The number of nitro benzene ring substituents is 1. The predicted octanol–water partition coefficient (Wildman–Crippen LogP) is 2.74. The summed E-state index contributed by atoms with van der Waals surface area (Å²) in [6.45, 7) is 2.74. The van der Waals surface area contributed by atoms with Crippen LogP contribution in [0.1, 0.15) is 23.7 Å². The average molecular weight is 411 g/mol. The lowest BCUT2D eigenvalue weighted by Gasteiger charge is -2.22. The van der Waals surface area contributed by atoms with Gasteiger partial charge in [0.25, 0.3) is 11.6 Å². The van der Waals surface area contributed by atoms with Gasteiger partial charge in [-0.25, -0.2) is 0 Å². The lowest BCUT2D eigenvalue weighted by molar-refractivity contribution is -0.384. The van der Waals surface area contributed by atoms with Crippen LogP contribution >= 0.6 is 11.6 Å². The molecule has 28 heavy (non-hydrogen) atoms. The first-order valence-electron chi connectivity index (χ1n) is 8.43. The summed E-state index contributed by atoms with van der Waals surface area (Å²) in [5, 5.41) is 17.1. The maximum atomic E-state index is 12.8. The molecule has 0 saturated carbocycles. The lowest BCUT2D eigenvalue weighted by atomic mass is 10.1. The molecule has 2 amide bonds. The molecule has 1 N–H and O–H groups in total. The average Bonchev–Trinajstić information content (AvgIpc) is 3.16. The number of hydrogen-bond donors (Lipinski definition) is 1. The number of rotatable bonds is 10. The highest BCUT2D eigenvalue weighted by Gasteiger charge is 2.22. The van der Waals surface area contributed by atoms with Gasteiger partial charge < -0.3 is 19.5 Å². The number of carbonyl (C=O) groups excluding carboxylic acids is 2. The Bertz CT molecular complexity index is 827. The Morgan fingerprint density at radius 1 is 1.39 bits per heavy atom. The van der Waals surface area contributed by atoms with Gasteiger partial charge in [-0.15, -0.1) is 0 Å². The zero-order valence-corrected chi connectivity index (χ0v) is 15.8. The molecule has 1 aromatic heterocycles. The van der Waals surface area contributed by atoms with Gasteiger partial charge in [0.1, 0.15) is 17.8 Å². The van der Waals surface area contributed by atoms with E-state index in [2.05, 4.69) is 15.0 Å². The minimum absolute atomic E-state index is 0.0572. The van der Waals surface area contributed by atoms with Crippen LogP contribution in [0.3, 0.4) is 0 Å². The minimum Gasteiger partial charge on any atom is -0.382 e. The second-order valence-corrected chi connectivity index (χ2v) is 6.04. The molecule has 0 aliphatic heterocycles. The van der Waals surface area contributed by atoms with Crippen LogP contribution < -0.4 is 5.32 Å². The van der Waals surface area contributed by atoms with Crippen molar-refractivity contribution >= 4 is 34.9 Å². The fourth-order valence-corrected chi connectivity index (χ4v) is 2.54. The molecule has 0 unspecified atom stereocenters. The SMILES string of the molecule is CCOCCCN(CC(=O)Nc1ccon1)C(=O)c1ccc(Cl)c([N+](=O)[O-])c1. The Balaban J connectivity index is 2.14. The fourth-order valence-electron chi connectivity index (χ4n) is 2.36. The van der Waals surface area contributed by atoms with E-state index in [1.165, 1.54) is 29.4 Å². The van der Waals surface area contributed by atoms with Gasteiger partial charge in [0, 0.05) is 37.5 Å². The number of ether oxygens (including phenoxy) is 1. The minimum atomic E-state index is -0.671. The third kappa shape index (κ3) is 6.03. The summed E-state index contributed by atoms with van der Waals surface area (Å²) in [4.78, 5) is 36.7. The molecule has 0 aliphatic rings.